The molecule has 1 aliphatic carbocycles. The molecule has 0 bridgehead atoms. The van der Waals surface area contributed by atoms with Crippen LogP contribution in [0, 0.1) is 12.8 Å². The Kier molecular flexibility index (Phi) is 11.0. The van der Waals surface area contributed by atoms with E-state index in [-0.39, 0.29) is 48.8 Å². The van der Waals surface area contributed by atoms with E-state index in [1.807, 2.05) is 20.8 Å². The Morgan fingerprint density at radius 1 is 1.41 bits per heavy atom. The molecule has 2 rings (SSSR count). The molecule has 1 aromatic heterocycles. The number of aromatic amines is 1. The van der Waals surface area contributed by atoms with Crippen LogP contribution >= 0.6 is 0 Å². The van der Waals surface area contributed by atoms with Gasteiger partial charge >= 0.3 is 0 Å². The van der Waals surface area contributed by atoms with Gasteiger partial charge in [0.15, 0.2) is 0 Å². The summed E-state index contributed by atoms with van der Waals surface area (Å²) in [5.41, 5.74) is 1.67. The van der Waals surface area contributed by atoms with Gasteiger partial charge in [-0.15, -0.1) is 0 Å². The first-order valence-electron chi connectivity index (χ1n) is 10.1. The Balaban J connectivity index is 0.00000132. The van der Waals surface area contributed by atoms with Gasteiger partial charge in [0.25, 0.3) is 6.47 Å². The van der Waals surface area contributed by atoms with Crippen LogP contribution < -0.4 is 10.6 Å². The van der Waals surface area contributed by atoms with E-state index in [4.69, 9.17) is 14.6 Å². The van der Waals surface area contributed by atoms with Crippen molar-refractivity contribution in [2.24, 2.45) is 5.92 Å². The molecular weight excluding hydrogens is 376 g/mol. The van der Waals surface area contributed by atoms with Crippen molar-refractivity contribution in [2.75, 3.05) is 6.61 Å². The quantitative estimate of drug-likeness (QED) is 0.481. The third-order valence-corrected chi connectivity index (χ3v) is 4.74. The first-order valence-corrected chi connectivity index (χ1v) is 10.1. The number of rotatable bonds is 8. The topological polar surface area (TPSA) is 133 Å². The van der Waals surface area contributed by atoms with Crippen molar-refractivity contribution in [1.29, 1.82) is 0 Å². The summed E-state index contributed by atoms with van der Waals surface area (Å²) in [6.07, 6.45) is 4.79. The van der Waals surface area contributed by atoms with Gasteiger partial charge in [0.05, 0.1) is 30.6 Å². The SMILES string of the molecule is CCCO[C@@H]1C[C@@H](C(=O)NC(C)C)CC[C@H]1NC(=O)Cc1nc[nH]c1C.O=CO. The van der Waals surface area contributed by atoms with Gasteiger partial charge < -0.3 is 25.5 Å². The maximum Gasteiger partial charge on any atom is 0.290 e. The van der Waals surface area contributed by atoms with Crippen molar-refractivity contribution in [2.45, 2.75) is 78.0 Å². The van der Waals surface area contributed by atoms with Crippen LogP contribution in [-0.4, -0.2) is 58.2 Å². The molecule has 0 radical (unpaired) electrons. The third kappa shape index (κ3) is 8.64. The van der Waals surface area contributed by atoms with E-state index in [0.717, 1.165) is 30.7 Å². The molecule has 0 aliphatic heterocycles. The monoisotopic (exact) mass is 410 g/mol. The number of aryl methyl sites for hydroxylation is 1. The Morgan fingerprint density at radius 2 is 2.10 bits per heavy atom. The van der Waals surface area contributed by atoms with Crippen molar-refractivity contribution >= 4 is 18.3 Å². The smallest absolute Gasteiger partial charge is 0.290 e. The molecule has 4 N–H and O–H groups in total. The van der Waals surface area contributed by atoms with Gasteiger partial charge in [0.2, 0.25) is 11.8 Å². The average molecular weight is 411 g/mol. The Hall–Kier alpha value is -2.42. The molecule has 0 unspecified atom stereocenters. The normalized spacial score (nSPS) is 21.1. The molecule has 29 heavy (non-hydrogen) atoms. The van der Waals surface area contributed by atoms with Crippen LogP contribution in [0.4, 0.5) is 0 Å². The molecule has 164 valence electrons. The van der Waals surface area contributed by atoms with Gasteiger partial charge in [-0.1, -0.05) is 6.92 Å². The molecule has 9 nitrogen and oxygen atoms in total. The molecule has 1 aliphatic rings. The molecular formula is C20H34N4O5. The number of hydrogen-bond donors (Lipinski definition) is 4. The van der Waals surface area contributed by atoms with E-state index in [0.29, 0.717) is 13.0 Å². The molecule has 0 saturated heterocycles. The van der Waals surface area contributed by atoms with E-state index in [9.17, 15) is 9.59 Å². The molecule has 9 heteroatoms. The molecule has 0 aromatic carbocycles. The summed E-state index contributed by atoms with van der Waals surface area (Å²) in [4.78, 5) is 40.3. The zero-order valence-corrected chi connectivity index (χ0v) is 17.7. The van der Waals surface area contributed by atoms with Gasteiger partial charge in [0.1, 0.15) is 0 Å². The lowest BCUT2D eigenvalue weighted by Crippen LogP contribution is -2.51. The fourth-order valence-electron chi connectivity index (χ4n) is 3.36. The summed E-state index contributed by atoms with van der Waals surface area (Å²) in [5, 5.41) is 13.0. The minimum atomic E-state index is -0.250. The first kappa shape index (κ1) is 24.6. The van der Waals surface area contributed by atoms with Crippen molar-refractivity contribution in [3.63, 3.8) is 0 Å². The van der Waals surface area contributed by atoms with Crippen molar-refractivity contribution < 1.29 is 24.2 Å². The first-order chi connectivity index (χ1) is 13.8. The minimum absolute atomic E-state index is 0.0546. The number of carboxylic acid groups (broad SMARTS) is 1. The van der Waals surface area contributed by atoms with Gasteiger partial charge in [0, 0.05) is 24.3 Å². The second-order valence-corrected chi connectivity index (χ2v) is 7.51. The second-order valence-electron chi connectivity index (χ2n) is 7.51. The van der Waals surface area contributed by atoms with Crippen LogP contribution in [-0.2, 0) is 25.5 Å². The van der Waals surface area contributed by atoms with Gasteiger partial charge in [-0.2, -0.15) is 0 Å². The lowest BCUT2D eigenvalue weighted by Gasteiger charge is -2.36. The predicted molar refractivity (Wildman–Crippen MR) is 108 cm³/mol. The van der Waals surface area contributed by atoms with Crippen molar-refractivity contribution in [1.82, 2.24) is 20.6 Å². The van der Waals surface area contributed by atoms with Crippen LogP contribution in [0.2, 0.25) is 0 Å². The number of carbonyl (C=O) groups is 3. The lowest BCUT2D eigenvalue weighted by molar-refractivity contribution is -0.130. The third-order valence-electron chi connectivity index (χ3n) is 4.74. The summed E-state index contributed by atoms with van der Waals surface area (Å²) in [6, 6.07) is 0.0726. The number of hydrogen-bond acceptors (Lipinski definition) is 5. The van der Waals surface area contributed by atoms with Crippen LogP contribution in [0.1, 0.15) is 57.8 Å². The van der Waals surface area contributed by atoms with Crippen LogP contribution in [0.25, 0.3) is 0 Å². The Morgan fingerprint density at radius 3 is 2.66 bits per heavy atom. The molecule has 1 aromatic rings. The van der Waals surface area contributed by atoms with Crippen LogP contribution in [0.15, 0.2) is 6.33 Å². The number of ether oxygens (including phenoxy) is 1. The maximum absolute atomic E-state index is 12.4. The van der Waals surface area contributed by atoms with E-state index in [2.05, 4.69) is 27.5 Å². The van der Waals surface area contributed by atoms with E-state index < -0.39 is 0 Å². The molecule has 1 fully saturated rings. The van der Waals surface area contributed by atoms with Crippen molar-refractivity contribution in [3.8, 4) is 0 Å². The fourth-order valence-corrected chi connectivity index (χ4v) is 3.36. The molecule has 2 amide bonds. The summed E-state index contributed by atoms with van der Waals surface area (Å²) in [7, 11) is 0. The Labute approximate surface area is 172 Å². The predicted octanol–water partition coefficient (Wildman–Crippen LogP) is 1.57. The zero-order valence-electron chi connectivity index (χ0n) is 17.7. The number of nitrogens with zero attached hydrogens (tertiary/aromatic N) is 1. The highest BCUT2D eigenvalue weighted by Crippen LogP contribution is 2.27. The van der Waals surface area contributed by atoms with Crippen LogP contribution in [0.5, 0.6) is 0 Å². The Bertz CT molecular complexity index is 647. The molecule has 0 spiro atoms. The average Bonchev–Trinajstić information content (AvgIpc) is 3.05. The summed E-state index contributed by atoms with van der Waals surface area (Å²) in [6.45, 7) is 8.27. The van der Waals surface area contributed by atoms with Gasteiger partial charge in [-0.3, -0.25) is 14.4 Å². The largest absolute Gasteiger partial charge is 0.483 e. The van der Waals surface area contributed by atoms with E-state index in [1.165, 1.54) is 0 Å². The molecule has 1 saturated carbocycles. The second kappa shape index (κ2) is 12.9. The number of aromatic nitrogens is 2. The fraction of sp³-hybridized carbons (Fsp3) is 0.700. The highest BCUT2D eigenvalue weighted by Gasteiger charge is 2.35. The van der Waals surface area contributed by atoms with Crippen molar-refractivity contribution in [3.05, 3.63) is 17.7 Å². The number of carbonyl (C=O) groups excluding carboxylic acids is 2. The highest BCUT2D eigenvalue weighted by atomic mass is 16.5. The number of amides is 2. The lowest BCUT2D eigenvalue weighted by atomic mass is 9.83. The standard InChI is InChI=1S/C19H32N4O3.CH2O2/c1-5-8-26-17-9-14(19(25)22-12(2)3)6-7-15(17)23-18(24)10-16-13(4)20-11-21-16;2-1-3/h11-12,14-15,17H,5-10H2,1-4H3,(H,20,21)(H,22,25)(H,23,24);1H,(H,2,3)/t14-,15+,17+;/m0./s1. The van der Waals surface area contributed by atoms with Gasteiger partial charge in [-0.05, 0) is 46.5 Å². The van der Waals surface area contributed by atoms with Crippen LogP contribution in [0.3, 0.4) is 0 Å². The maximum atomic E-state index is 12.4. The number of nitrogens with one attached hydrogen (secondary N) is 3. The molecule has 1 heterocycles. The van der Waals surface area contributed by atoms with Gasteiger partial charge in [-0.25, -0.2) is 4.98 Å². The zero-order chi connectivity index (χ0) is 21.8. The van der Waals surface area contributed by atoms with E-state index >= 15 is 0 Å². The minimum Gasteiger partial charge on any atom is -0.483 e. The van der Waals surface area contributed by atoms with E-state index in [1.54, 1.807) is 6.33 Å². The number of imidazole rings is 1. The highest BCUT2D eigenvalue weighted by molar-refractivity contribution is 5.80. The summed E-state index contributed by atoms with van der Waals surface area (Å²) < 4.78 is 5.97. The molecule has 3 atom stereocenters. The summed E-state index contributed by atoms with van der Waals surface area (Å²) in [5.74, 6) is -0.0246. The summed E-state index contributed by atoms with van der Waals surface area (Å²) >= 11 is 0. The number of H-pyrrole nitrogens is 1.